The lowest BCUT2D eigenvalue weighted by Crippen LogP contribution is -2.73. The zero-order valence-electron chi connectivity index (χ0n) is 23.5. The van der Waals surface area contributed by atoms with Crippen LogP contribution >= 0.6 is 0 Å². The van der Waals surface area contributed by atoms with Crippen LogP contribution in [0.25, 0.3) is 0 Å². The standard InChI is InChI=1S/C26H37F15O2/c1-2-3-4-5-6-7-8-9-10-11-12-13-14-15-16-17-19(42)43-26(40,41)25(38,39)24(36,37)23(34,35)22(32,33)21(30,31)20(28,29)18-27/h2-18H2,1H3. The number of carbonyl (C=O) groups excluding carboxylic acids is 1. The summed E-state index contributed by atoms with van der Waals surface area (Å²) in [5.41, 5.74) is 0. The molecule has 2 nitrogen and oxygen atoms in total. The third-order valence-electron chi connectivity index (χ3n) is 6.80. The molecule has 43 heavy (non-hydrogen) atoms. The summed E-state index contributed by atoms with van der Waals surface area (Å²) in [4.78, 5) is 11.5. The molecule has 0 N–H and O–H groups in total. The molecule has 0 aromatic rings. The van der Waals surface area contributed by atoms with E-state index in [9.17, 15) is 70.7 Å². The van der Waals surface area contributed by atoms with Gasteiger partial charge in [0.05, 0.1) is 0 Å². The van der Waals surface area contributed by atoms with Crippen LogP contribution in [0.15, 0.2) is 0 Å². The largest absolute Gasteiger partial charge is 0.473 e. The first-order chi connectivity index (χ1) is 19.5. The van der Waals surface area contributed by atoms with Gasteiger partial charge >= 0.3 is 47.6 Å². The van der Waals surface area contributed by atoms with E-state index in [0.29, 0.717) is 12.8 Å². The average molecular weight is 667 g/mol. The number of carbonyl (C=O) groups is 1. The molecule has 0 amide bonds. The van der Waals surface area contributed by atoms with Crippen molar-refractivity contribution in [2.24, 2.45) is 0 Å². The van der Waals surface area contributed by atoms with Gasteiger partial charge in [0, 0.05) is 6.42 Å². The van der Waals surface area contributed by atoms with Crippen molar-refractivity contribution in [1.29, 1.82) is 0 Å². The van der Waals surface area contributed by atoms with Crippen molar-refractivity contribution < 1.29 is 75.4 Å². The number of unbranched alkanes of at least 4 members (excludes halogenated alkanes) is 14. The SMILES string of the molecule is CCCCCCCCCCCCCCCCCC(=O)OC(F)(F)C(F)(F)C(F)(F)C(F)(F)C(F)(F)C(F)(F)C(F)(F)CF. The minimum atomic E-state index is -8.34. The maximum Gasteiger partial charge on any atom is 0.473 e. The fourth-order valence-corrected chi connectivity index (χ4v) is 3.99. The van der Waals surface area contributed by atoms with Gasteiger partial charge in [0.15, 0.2) is 6.67 Å². The first kappa shape index (κ1) is 41.4. The third-order valence-corrected chi connectivity index (χ3v) is 6.80. The van der Waals surface area contributed by atoms with Gasteiger partial charge in [-0.15, -0.1) is 0 Å². The molecule has 0 aromatic carbocycles. The molecule has 0 rings (SSSR count). The molecule has 258 valence electrons. The summed E-state index contributed by atoms with van der Waals surface area (Å²) in [5, 5.41) is 0. The average Bonchev–Trinajstić information content (AvgIpc) is 2.89. The van der Waals surface area contributed by atoms with Gasteiger partial charge < -0.3 is 4.74 Å². The minimum Gasteiger partial charge on any atom is -0.396 e. The van der Waals surface area contributed by atoms with Crippen molar-refractivity contribution in [2.45, 2.75) is 151 Å². The van der Waals surface area contributed by atoms with E-state index in [-0.39, 0.29) is 12.8 Å². The molecule has 0 aliphatic rings. The monoisotopic (exact) mass is 666 g/mol. The summed E-state index contributed by atoms with van der Waals surface area (Å²) >= 11 is 0. The molecule has 0 atom stereocenters. The molecule has 0 aromatic heterocycles. The molecule has 0 bridgehead atoms. The summed E-state index contributed by atoms with van der Waals surface area (Å²) in [5.74, 6) is -49.5. The van der Waals surface area contributed by atoms with Crippen LogP contribution in [0.1, 0.15) is 110 Å². The van der Waals surface area contributed by atoms with Crippen molar-refractivity contribution in [3.63, 3.8) is 0 Å². The van der Waals surface area contributed by atoms with E-state index >= 15 is 0 Å². The second-order valence-corrected chi connectivity index (χ2v) is 10.4. The Kier molecular flexibility index (Phi) is 16.0. The Labute approximate surface area is 240 Å². The lowest BCUT2D eigenvalue weighted by Gasteiger charge is -2.41. The number of hydrogen-bond donors (Lipinski definition) is 0. The van der Waals surface area contributed by atoms with Crippen LogP contribution in [0, 0.1) is 0 Å². The van der Waals surface area contributed by atoms with Crippen LogP contribution in [0.2, 0.25) is 0 Å². The highest BCUT2D eigenvalue weighted by Crippen LogP contribution is 2.62. The third kappa shape index (κ3) is 9.95. The number of hydrogen-bond acceptors (Lipinski definition) is 2. The first-order valence-corrected chi connectivity index (χ1v) is 13.9. The summed E-state index contributed by atoms with van der Waals surface area (Å²) in [6.07, 6.45) is 4.76. The number of ether oxygens (including phenoxy) is 1. The zero-order chi connectivity index (χ0) is 33.8. The van der Waals surface area contributed by atoms with Gasteiger partial charge in [-0.2, -0.15) is 61.5 Å². The van der Waals surface area contributed by atoms with Gasteiger partial charge in [-0.3, -0.25) is 4.79 Å². The normalized spacial score (nSPS) is 14.3. The van der Waals surface area contributed by atoms with Crippen molar-refractivity contribution in [1.82, 2.24) is 0 Å². The predicted octanol–water partition coefficient (Wildman–Crippen LogP) is 11.2. The first-order valence-electron chi connectivity index (χ1n) is 13.9. The van der Waals surface area contributed by atoms with Crippen LogP contribution in [0.3, 0.4) is 0 Å². The molecule has 0 unspecified atom stereocenters. The Balaban J connectivity index is 4.83. The molecule has 17 heteroatoms. The molecule has 0 fully saturated rings. The Morgan fingerprint density at radius 1 is 0.465 bits per heavy atom. The number of rotatable bonds is 24. The Hall–Kier alpha value is -1.58. The van der Waals surface area contributed by atoms with Gasteiger partial charge in [-0.1, -0.05) is 96.8 Å². The molecular weight excluding hydrogens is 629 g/mol. The van der Waals surface area contributed by atoms with Crippen molar-refractivity contribution in [3.05, 3.63) is 0 Å². The van der Waals surface area contributed by atoms with E-state index in [4.69, 9.17) is 0 Å². The summed E-state index contributed by atoms with van der Waals surface area (Å²) < 4.78 is 203. The highest BCUT2D eigenvalue weighted by Gasteiger charge is 2.93. The predicted molar refractivity (Wildman–Crippen MR) is 126 cm³/mol. The van der Waals surface area contributed by atoms with E-state index < -0.39 is 60.7 Å². The Morgan fingerprint density at radius 3 is 1.12 bits per heavy atom. The van der Waals surface area contributed by atoms with Gasteiger partial charge in [-0.25, -0.2) is 4.39 Å². The molecule has 0 radical (unpaired) electrons. The number of halogens is 15. The second-order valence-electron chi connectivity index (χ2n) is 10.4. The number of esters is 1. The highest BCUT2D eigenvalue weighted by atomic mass is 19.4. The molecule has 0 spiro atoms. The molecule has 0 heterocycles. The maximum absolute atomic E-state index is 13.8. The zero-order valence-corrected chi connectivity index (χ0v) is 23.5. The van der Waals surface area contributed by atoms with Gasteiger partial charge in [0.2, 0.25) is 0 Å². The minimum absolute atomic E-state index is 0.146. The van der Waals surface area contributed by atoms with Crippen LogP contribution in [0.5, 0.6) is 0 Å². The van der Waals surface area contributed by atoms with E-state index in [1.165, 1.54) is 32.1 Å². The summed E-state index contributed by atoms with van der Waals surface area (Å²) in [7, 11) is 0. The lowest BCUT2D eigenvalue weighted by molar-refractivity contribution is -0.461. The summed E-state index contributed by atoms with van der Waals surface area (Å²) in [6.45, 7) is -1.70. The van der Waals surface area contributed by atoms with E-state index in [2.05, 4.69) is 11.7 Å². The van der Waals surface area contributed by atoms with E-state index in [1.807, 2.05) is 0 Å². The molecule has 0 saturated carbocycles. The van der Waals surface area contributed by atoms with Crippen molar-refractivity contribution in [3.8, 4) is 0 Å². The van der Waals surface area contributed by atoms with E-state index in [0.717, 1.165) is 38.5 Å². The second kappa shape index (κ2) is 16.6. The lowest BCUT2D eigenvalue weighted by atomic mass is 9.91. The Bertz CT molecular complexity index is 816. The molecular formula is C26H37F15O2. The van der Waals surface area contributed by atoms with Gasteiger partial charge in [0.25, 0.3) is 0 Å². The van der Waals surface area contributed by atoms with Gasteiger partial charge in [-0.05, 0) is 6.42 Å². The van der Waals surface area contributed by atoms with Crippen LogP contribution < -0.4 is 0 Å². The fourth-order valence-electron chi connectivity index (χ4n) is 3.99. The summed E-state index contributed by atoms with van der Waals surface area (Å²) in [6, 6.07) is 0. The quantitative estimate of drug-likeness (QED) is 0.0582. The van der Waals surface area contributed by atoms with Crippen LogP contribution in [-0.2, 0) is 9.53 Å². The van der Waals surface area contributed by atoms with Crippen molar-refractivity contribution >= 4 is 5.97 Å². The van der Waals surface area contributed by atoms with Crippen LogP contribution in [0.4, 0.5) is 65.9 Å². The van der Waals surface area contributed by atoms with E-state index in [1.54, 1.807) is 0 Å². The van der Waals surface area contributed by atoms with Gasteiger partial charge in [0.1, 0.15) is 0 Å². The highest BCUT2D eigenvalue weighted by molar-refractivity contribution is 5.69. The maximum atomic E-state index is 13.8. The topological polar surface area (TPSA) is 26.3 Å². The molecule has 0 saturated heterocycles. The fraction of sp³-hybridized carbons (Fsp3) is 0.962. The smallest absolute Gasteiger partial charge is 0.396 e. The number of alkyl halides is 15. The molecule has 0 aliphatic carbocycles. The van der Waals surface area contributed by atoms with Crippen molar-refractivity contribution in [2.75, 3.05) is 6.67 Å². The Morgan fingerprint density at radius 2 is 0.767 bits per heavy atom. The molecule has 0 aliphatic heterocycles. The van der Waals surface area contributed by atoms with Crippen LogP contribution in [-0.4, -0.2) is 54.3 Å².